The Morgan fingerprint density at radius 1 is 1.27 bits per heavy atom. The lowest BCUT2D eigenvalue weighted by molar-refractivity contribution is 0.555. The first-order valence-corrected chi connectivity index (χ1v) is 5.21. The van der Waals surface area contributed by atoms with Gasteiger partial charge in [0, 0.05) is 13.1 Å². The van der Waals surface area contributed by atoms with Crippen molar-refractivity contribution in [3.8, 4) is 0 Å². The number of nitrogens with one attached hydrogen (secondary N) is 1. The van der Waals surface area contributed by atoms with Crippen LogP contribution in [0.3, 0.4) is 0 Å². The highest BCUT2D eigenvalue weighted by Gasteiger charge is 2.16. The SMILES string of the molecule is O=c1[nH]c2c(N3CCCC3)cccc2o1. The maximum absolute atomic E-state index is 11.1. The van der Waals surface area contributed by atoms with Crippen LogP contribution in [-0.4, -0.2) is 18.1 Å². The normalized spacial score (nSPS) is 16.4. The third-order valence-electron chi connectivity index (χ3n) is 2.88. The third kappa shape index (κ3) is 1.33. The minimum Gasteiger partial charge on any atom is -0.408 e. The molecule has 0 bridgehead atoms. The lowest BCUT2D eigenvalue weighted by Gasteiger charge is -2.17. The number of rotatable bonds is 1. The van der Waals surface area contributed by atoms with Crippen molar-refractivity contribution in [3.63, 3.8) is 0 Å². The zero-order chi connectivity index (χ0) is 10.3. The molecule has 78 valence electrons. The minimum absolute atomic E-state index is 0.378. The molecule has 1 aromatic carbocycles. The van der Waals surface area contributed by atoms with Gasteiger partial charge in [-0.15, -0.1) is 0 Å². The fourth-order valence-electron chi connectivity index (χ4n) is 2.18. The molecule has 0 saturated carbocycles. The number of hydrogen-bond donors (Lipinski definition) is 1. The zero-order valence-corrected chi connectivity index (χ0v) is 8.32. The van der Waals surface area contributed by atoms with Gasteiger partial charge in [-0.05, 0) is 25.0 Å². The predicted octanol–water partition coefficient (Wildman–Crippen LogP) is 1.72. The number of H-pyrrole nitrogens is 1. The van der Waals surface area contributed by atoms with E-state index in [1.54, 1.807) is 0 Å². The number of oxazole rings is 1. The average molecular weight is 204 g/mol. The summed E-state index contributed by atoms with van der Waals surface area (Å²) in [5, 5.41) is 0. The van der Waals surface area contributed by atoms with Crippen LogP contribution in [0.1, 0.15) is 12.8 Å². The van der Waals surface area contributed by atoms with Crippen LogP contribution in [0, 0.1) is 0 Å². The molecule has 0 unspecified atom stereocenters. The van der Waals surface area contributed by atoms with Gasteiger partial charge in [-0.1, -0.05) is 6.07 Å². The van der Waals surface area contributed by atoms with Gasteiger partial charge < -0.3 is 9.32 Å². The summed E-state index contributed by atoms with van der Waals surface area (Å²) < 4.78 is 5.03. The van der Waals surface area contributed by atoms with E-state index in [0.717, 1.165) is 24.3 Å². The molecule has 1 aromatic heterocycles. The van der Waals surface area contributed by atoms with Gasteiger partial charge in [0.25, 0.3) is 0 Å². The topological polar surface area (TPSA) is 49.2 Å². The Morgan fingerprint density at radius 3 is 2.87 bits per heavy atom. The second-order valence-corrected chi connectivity index (χ2v) is 3.86. The third-order valence-corrected chi connectivity index (χ3v) is 2.88. The maximum Gasteiger partial charge on any atom is 0.417 e. The van der Waals surface area contributed by atoms with E-state index in [1.165, 1.54) is 12.8 Å². The molecule has 2 heterocycles. The van der Waals surface area contributed by atoms with Gasteiger partial charge in [-0.25, -0.2) is 4.79 Å². The first-order valence-electron chi connectivity index (χ1n) is 5.21. The van der Waals surface area contributed by atoms with Crippen molar-refractivity contribution in [2.24, 2.45) is 0 Å². The summed E-state index contributed by atoms with van der Waals surface area (Å²) in [4.78, 5) is 16.1. The van der Waals surface area contributed by atoms with Crippen molar-refractivity contribution in [1.29, 1.82) is 0 Å². The largest absolute Gasteiger partial charge is 0.417 e. The molecule has 15 heavy (non-hydrogen) atoms. The van der Waals surface area contributed by atoms with E-state index in [-0.39, 0.29) is 5.76 Å². The second-order valence-electron chi connectivity index (χ2n) is 3.86. The minimum atomic E-state index is -0.378. The van der Waals surface area contributed by atoms with Crippen molar-refractivity contribution < 1.29 is 4.42 Å². The molecule has 4 heteroatoms. The van der Waals surface area contributed by atoms with E-state index in [1.807, 2.05) is 18.2 Å². The fraction of sp³-hybridized carbons (Fsp3) is 0.364. The lowest BCUT2D eigenvalue weighted by Crippen LogP contribution is -2.17. The van der Waals surface area contributed by atoms with Crippen LogP contribution in [0.5, 0.6) is 0 Å². The molecule has 0 spiro atoms. The van der Waals surface area contributed by atoms with E-state index in [4.69, 9.17) is 4.42 Å². The number of fused-ring (bicyclic) bond motifs is 1. The quantitative estimate of drug-likeness (QED) is 0.769. The standard InChI is InChI=1S/C11H12N2O2/c14-11-12-10-8(13-6-1-2-7-13)4-3-5-9(10)15-11/h3-5H,1-2,6-7H2,(H,12,14). The molecule has 0 aliphatic carbocycles. The average Bonchev–Trinajstić information content (AvgIpc) is 2.82. The summed E-state index contributed by atoms with van der Waals surface area (Å²) >= 11 is 0. The molecule has 0 amide bonds. The van der Waals surface area contributed by atoms with Crippen LogP contribution < -0.4 is 10.7 Å². The Hall–Kier alpha value is -1.71. The summed E-state index contributed by atoms with van der Waals surface area (Å²) in [6, 6.07) is 5.76. The van der Waals surface area contributed by atoms with Crippen LogP contribution in [0.25, 0.3) is 11.1 Å². The first-order chi connectivity index (χ1) is 7.34. The van der Waals surface area contributed by atoms with E-state index < -0.39 is 0 Å². The highest BCUT2D eigenvalue weighted by Crippen LogP contribution is 2.26. The smallest absolute Gasteiger partial charge is 0.408 e. The Kier molecular flexibility index (Phi) is 1.80. The number of nitrogens with zero attached hydrogens (tertiary/aromatic N) is 1. The summed E-state index contributed by atoms with van der Waals surface area (Å²) in [5.41, 5.74) is 2.55. The van der Waals surface area contributed by atoms with Crippen LogP contribution in [0.15, 0.2) is 27.4 Å². The van der Waals surface area contributed by atoms with Crippen molar-refractivity contribution in [2.45, 2.75) is 12.8 Å². The number of aromatic nitrogens is 1. The molecule has 1 N–H and O–H groups in total. The summed E-state index contributed by atoms with van der Waals surface area (Å²) in [5.74, 6) is -0.378. The van der Waals surface area contributed by atoms with Gasteiger partial charge in [0.1, 0.15) is 5.52 Å². The second kappa shape index (κ2) is 3.15. The van der Waals surface area contributed by atoms with Gasteiger partial charge in [0.05, 0.1) is 5.69 Å². The van der Waals surface area contributed by atoms with E-state index in [0.29, 0.717) is 5.58 Å². The van der Waals surface area contributed by atoms with Crippen LogP contribution in [0.2, 0.25) is 0 Å². The molecular formula is C11H12N2O2. The van der Waals surface area contributed by atoms with Crippen LogP contribution >= 0.6 is 0 Å². The fourth-order valence-corrected chi connectivity index (χ4v) is 2.18. The Morgan fingerprint density at radius 2 is 2.07 bits per heavy atom. The highest BCUT2D eigenvalue weighted by molar-refractivity contribution is 5.87. The van der Waals surface area contributed by atoms with E-state index in [9.17, 15) is 4.79 Å². The van der Waals surface area contributed by atoms with Crippen LogP contribution in [-0.2, 0) is 0 Å². The molecule has 0 radical (unpaired) electrons. The number of anilines is 1. The van der Waals surface area contributed by atoms with Crippen molar-refractivity contribution in [2.75, 3.05) is 18.0 Å². The van der Waals surface area contributed by atoms with Gasteiger partial charge in [-0.2, -0.15) is 0 Å². The van der Waals surface area contributed by atoms with Gasteiger partial charge in [0.15, 0.2) is 5.58 Å². The monoisotopic (exact) mass is 204 g/mol. The van der Waals surface area contributed by atoms with Crippen molar-refractivity contribution in [1.82, 2.24) is 4.98 Å². The number of hydrogen-bond acceptors (Lipinski definition) is 3. The maximum atomic E-state index is 11.1. The van der Waals surface area contributed by atoms with Gasteiger partial charge in [0.2, 0.25) is 0 Å². The number of benzene rings is 1. The summed E-state index contributed by atoms with van der Waals surface area (Å²) in [6.45, 7) is 2.12. The van der Waals surface area contributed by atoms with E-state index in [2.05, 4.69) is 9.88 Å². The first kappa shape index (κ1) is 8.59. The predicted molar refractivity (Wildman–Crippen MR) is 58.3 cm³/mol. The Bertz CT molecular complexity index is 535. The molecule has 1 aliphatic rings. The highest BCUT2D eigenvalue weighted by atomic mass is 16.4. The molecule has 3 rings (SSSR count). The van der Waals surface area contributed by atoms with Crippen LogP contribution in [0.4, 0.5) is 5.69 Å². The molecule has 1 aliphatic heterocycles. The summed E-state index contributed by atoms with van der Waals surface area (Å²) in [7, 11) is 0. The van der Waals surface area contributed by atoms with Gasteiger partial charge in [-0.3, -0.25) is 4.98 Å². The van der Waals surface area contributed by atoms with Gasteiger partial charge >= 0.3 is 5.76 Å². The molecule has 1 fully saturated rings. The molecule has 4 nitrogen and oxygen atoms in total. The van der Waals surface area contributed by atoms with Crippen molar-refractivity contribution >= 4 is 16.8 Å². The Balaban J connectivity index is 2.20. The zero-order valence-electron chi connectivity index (χ0n) is 8.32. The molecule has 0 atom stereocenters. The van der Waals surface area contributed by atoms with Crippen molar-refractivity contribution in [3.05, 3.63) is 28.7 Å². The molecule has 1 saturated heterocycles. The number of aromatic amines is 1. The summed E-state index contributed by atoms with van der Waals surface area (Å²) in [6.07, 6.45) is 2.44. The molecule has 2 aromatic rings. The van der Waals surface area contributed by atoms with E-state index >= 15 is 0 Å². The lowest BCUT2D eigenvalue weighted by atomic mass is 10.2. The number of para-hydroxylation sites is 1. The molecular weight excluding hydrogens is 192 g/mol. The Labute approximate surface area is 86.5 Å².